The van der Waals surface area contributed by atoms with Crippen LogP contribution in [-0.2, 0) is 16.1 Å². The zero-order valence-corrected chi connectivity index (χ0v) is 10.3. The van der Waals surface area contributed by atoms with Crippen LogP contribution < -0.4 is 4.57 Å². The fourth-order valence-corrected chi connectivity index (χ4v) is 1.31. The molecule has 0 fully saturated rings. The van der Waals surface area contributed by atoms with E-state index in [2.05, 4.69) is 5.16 Å². The molecule has 0 saturated carbocycles. The van der Waals surface area contributed by atoms with E-state index < -0.39 is 5.60 Å². The minimum Gasteiger partial charge on any atom is -0.455 e. The van der Waals surface area contributed by atoms with Gasteiger partial charge in [-0.1, -0.05) is 5.16 Å². The summed E-state index contributed by atoms with van der Waals surface area (Å²) in [5.74, 6) is -0.305. The Kier molecular flexibility index (Phi) is 4.20. The van der Waals surface area contributed by atoms with Crippen molar-refractivity contribution < 1.29 is 19.3 Å². The summed E-state index contributed by atoms with van der Waals surface area (Å²) in [6, 6.07) is 3.53. The van der Waals surface area contributed by atoms with Crippen molar-refractivity contribution in [2.75, 3.05) is 0 Å². The highest BCUT2D eigenvalue weighted by Gasteiger charge is 2.19. The lowest BCUT2D eigenvalue weighted by Gasteiger charge is -2.18. The van der Waals surface area contributed by atoms with Crippen molar-refractivity contribution in [3.63, 3.8) is 0 Å². The van der Waals surface area contributed by atoms with Crippen molar-refractivity contribution >= 4 is 12.2 Å². The van der Waals surface area contributed by atoms with Crippen LogP contribution >= 0.6 is 0 Å². The maximum absolute atomic E-state index is 11.6. The summed E-state index contributed by atoms with van der Waals surface area (Å²) in [4.78, 5) is 11.6. The van der Waals surface area contributed by atoms with Crippen LogP contribution in [0.1, 0.15) is 26.3 Å². The molecule has 0 saturated heterocycles. The monoisotopic (exact) mass is 237 g/mol. The Hall–Kier alpha value is -1.91. The van der Waals surface area contributed by atoms with Crippen molar-refractivity contribution in [2.45, 2.75) is 32.9 Å². The topological polar surface area (TPSA) is 62.8 Å². The van der Waals surface area contributed by atoms with E-state index in [1.165, 1.54) is 6.21 Å². The Morgan fingerprint density at radius 3 is 2.88 bits per heavy atom. The number of carbonyl (C=O) groups excluding carboxylic acids is 1. The van der Waals surface area contributed by atoms with Gasteiger partial charge in [-0.2, -0.15) is 4.57 Å². The molecule has 0 aromatic carbocycles. The lowest BCUT2D eigenvalue weighted by atomic mass is 10.2. The molecular formula is C12H17N2O3+. The minimum absolute atomic E-state index is 0.129. The molecule has 0 radical (unpaired) electrons. The number of esters is 1. The number of rotatable bonds is 3. The van der Waals surface area contributed by atoms with Crippen LogP contribution in [-0.4, -0.2) is 23.0 Å². The van der Waals surface area contributed by atoms with Gasteiger partial charge in [-0.15, -0.1) is 0 Å². The summed E-state index contributed by atoms with van der Waals surface area (Å²) in [6.45, 7) is 5.60. The highest BCUT2D eigenvalue weighted by molar-refractivity contribution is 5.77. The number of ether oxygens (including phenoxy) is 1. The fourth-order valence-electron chi connectivity index (χ4n) is 1.31. The third-order valence-corrected chi connectivity index (χ3v) is 1.82. The Bertz CT molecular complexity index is 422. The van der Waals surface area contributed by atoms with Crippen LogP contribution in [0, 0.1) is 0 Å². The molecule has 17 heavy (non-hydrogen) atoms. The van der Waals surface area contributed by atoms with E-state index in [1.807, 2.05) is 20.8 Å². The summed E-state index contributed by atoms with van der Waals surface area (Å²) in [5.41, 5.74) is 0.223. The van der Waals surface area contributed by atoms with Crippen molar-refractivity contribution in [3.05, 3.63) is 30.1 Å². The molecule has 0 amide bonds. The number of hydrogen-bond donors (Lipinski definition) is 1. The van der Waals surface area contributed by atoms with E-state index in [0.717, 1.165) is 0 Å². The first-order valence-corrected chi connectivity index (χ1v) is 5.29. The fraction of sp³-hybridized carbons (Fsp3) is 0.417. The summed E-state index contributed by atoms with van der Waals surface area (Å²) in [5, 5.41) is 11.3. The number of oxime groups is 1. The van der Waals surface area contributed by atoms with E-state index in [9.17, 15) is 4.79 Å². The lowest BCUT2D eigenvalue weighted by Crippen LogP contribution is -2.40. The summed E-state index contributed by atoms with van der Waals surface area (Å²) < 4.78 is 6.87. The summed E-state index contributed by atoms with van der Waals surface area (Å²) in [7, 11) is 0. The molecule has 1 aromatic rings. The van der Waals surface area contributed by atoms with Crippen LogP contribution in [0.15, 0.2) is 29.7 Å². The van der Waals surface area contributed by atoms with Crippen LogP contribution in [0.3, 0.4) is 0 Å². The Morgan fingerprint density at radius 2 is 2.29 bits per heavy atom. The predicted octanol–water partition coefficient (Wildman–Crippen LogP) is 1.12. The number of pyridine rings is 1. The molecule has 0 aliphatic heterocycles. The van der Waals surface area contributed by atoms with E-state index >= 15 is 0 Å². The van der Waals surface area contributed by atoms with E-state index in [-0.39, 0.29) is 12.5 Å². The third-order valence-electron chi connectivity index (χ3n) is 1.82. The molecule has 0 aliphatic rings. The van der Waals surface area contributed by atoms with Crippen LogP contribution in [0.25, 0.3) is 0 Å². The van der Waals surface area contributed by atoms with Gasteiger partial charge in [0.2, 0.25) is 6.54 Å². The number of nitrogens with zero attached hydrogens (tertiary/aromatic N) is 2. The van der Waals surface area contributed by atoms with Gasteiger partial charge >= 0.3 is 5.97 Å². The predicted molar refractivity (Wildman–Crippen MR) is 61.9 cm³/mol. The van der Waals surface area contributed by atoms with E-state index in [4.69, 9.17) is 9.94 Å². The third kappa shape index (κ3) is 5.10. The van der Waals surface area contributed by atoms with Crippen molar-refractivity contribution in [1.29, 1.82) is 0 Å². The van der Waals surface area contributed by atoms with Crippen molar-refractivity contribution in [1.82, 2.24) is 0 Å². The molecule has 1 rings (SSSR count). The molecule has 0 atom stereocenters. The van der Waals surface area contributed by atoms with Crippen LogP contribution in [0.2, 0.25) is 0 Å². The van der Waals surface area contributed by atoms with Gasteiger partial charge in [0.1, 0.15) is 5.60 Å². The molecule has 0 spiro atoms. The first-order chi connectivity index (χ1) is 7.90. The van der Waals surface area contributed by atoms with Gasteiger partial charge in [0, 0.05) is 6.07 Å². The average molecular weight is 237 g/mol. The number of aromatic nitrogens is 1. The molecule has 0 bridgehead atoms. The van der Waals surface area contributed by atoms with Crippen LogP contribution in [0.4, 0.5) is 0 Å². The molecule has 1 aromatic heterocycles. The van der Waals surface area contributed by atoms with Gasteiger partial charge in [0.05, 0.1) is 11.8 Å². The molecule has 1 heterocycles. The molecule has 5 heteroatoms. The highest BCUT2D eigenvalue weighted by atomic mass is 16.6. The van der Waals surface area contributed by atoms with Crippen molar-refractivity contribution in [2.24, 2.45) is 5.16 Å². The van der Waals surface area contributed by atoms with E-state index in [0.29, 0.717) is 5.56 Å². The second kappa shape index (κ2) is 5.43. The van der Waals surface area contributed by atoms with Crippen LogP contribution in [0.5, 0.6) is 0 Å². The van der Waals surface area contributed by atoms with Gasteiger partial charge in [-0.05, 0) is 26.8 Å². The Labute approximate surface area is 100 Å². The number of carbonyl (C=O) groups is 1. The molecule has 92 valence electrons. The molecule has 5 nitrogen and oxygen atoms in total. The molecule has 0 aliphatic carbocycles. The maximum Gasteiger partial charge on any atom is 0.373 e. The van der Waals surface area contributed by atoms with Gasteiger partial charge in [0.25, 0.3) is 0 Å². The standard InChI is InChI=1S/C12H16N2O3/c1-12(2,3)17-11(15)9-14-6-4-5-10(8-14)7-13-16/h4-8H,9H2,1-3H3/p+1/b13-7+. The SMILES string of the molecule is CC(C)(C)OC(=O)C[n+]1cccc(/C=N/O)c1. The lowest BCUT2D eigenvalue weighted by molar-refractivity contribution is -0.686. The summed E-state index contributed by atoms with van der Waals surface area (Å²) >= 11 is 0. The maximum atomic E-state index is 11.6. The first-order valence-electron chi connectivity index (χ1n) is 5.29. The van der Waals surface area contributed by atoms with Gasteiger partial charge in [0.15, 0.2) is 12.4 Å². The highest BCUT2D eigenvalue weighted by Crippen LogP contribution is 2.06. The quantitative estimate of drug-likeness (QED) is 0.282. The summed E-state index contributed by atoms with van der Waals surface area (Å²) in [6.07, 6.45) is 4.74. The largest absolute Gasteiger partial charge is 0.455 e. The van der Waals surface area contributed by atoms with Gasteiger partial charge in [-0.3, -0.25) is 0 Å². The molecule has 0 unspecified atom stereocenters. The number of hydrogen-bond acceptors (Lipinski definition) is 4. The Balaban J connectivity index is 2.68. The minimum atomic E-state index is -0.484. The van der Waals surface area contributed by atoms with Gasteiger partial charge in [-0.25, -0.2) is 4.79 Å². The average Bonchev–Trinajstić information content (AvgIpc) is 2.15. The smallest absolute Gasteiger partial charge is 0.373 e. The van der Waals surface area contributed by atoms with Gasteiger partial charge < -0.3 is 9.94 Å². The molecular weight excluding hydrogens is 220 g/mol. The second-order valence-electron chi connectivity index (χ2n) is 4.64. The second-order valence-corrected chi connectivity index (χ2v) is 4.64. The zero-order chi connectivity index (χ0) is 12.9. The first kappa shape index (κ1) is 13.2. The van der Waals surface area contributed by atoms with Crippen molar-refractivity contribution in [3.8, 4) is 0 Å². The normalized spacial score (nSPS) is 11.7. The van der Waals surface area contributed by atoms with E-state index in [1.54, 1.807) is 29.1 Å². The Morgan fingerprint density at radius 1 is 1.59 bits per heavy atom. The zero-order valence-electron chi connectivity index (χ0n) is 10.3. The molecule has 1 N–H and O–H groups in total.